The molecule has 53 heavy (non-hydrogen) atoms. The molecule has 2 heterocycles. The summed E-state index contributed by atoms with van der Waals surface area (Å²) < 4.78 is 2.26. The zero-order valence-electron chi connectivity index (χ0n) is 31.9. The van der Waals surface area contributed by atoms with Gasteiger partial charge in [0.15, 0.2) is 0 Å². The zero-order valence-corrected chi connectivity index (χ0v) is 34.2. The van der Waals surface area contributed by atoms with Crippen LogP contribution in [0.15, 0.2) is 115 Å². The molecule has 4 nitrogen and oxygen atoms in total. The molecule has 0 aliphatic carbocycles. The monoisotopic (exact) mass is 877 g/mol. The smallest absolute Gasteiger partial charge is 0.149 e. The van der Waals surface area contributed by atoms with Crippen LogP contribution in [0.1, 0.15) is 101 Å². The Morgan fingerprint density at radius 3 is 1.81 bits per heavy atom. The number of benzene rings is 5. The Balaban J connectivity index is 0.00000481. The number of nitrogens with zero attached hydrogens (tertiary/aromatic N) is 3. The number of phenols is 1. The first kappa shape index (κ1) is 37.9. The van der Waals surface area contributed by atoms with Crippen LogP contribution < -0.4 is 0 Å². The van der Waals surface area contributed by atoms with Crippen LogP contribution in [0.4, 0.5) is 0 Å². The fourth-order valence-electron chi connectivity index (χ4n) is 7.18. The van der Waals surface area contributed by atoms with E-state index >= 15 is 0 Å². The molecule has 0 saturated heterocycles. The molecule has 0 bridgehead atoms. The van der Waals surface area contributed by atoms with Crippen LogP contribution in [0.2, 0.25) is 0 Å². The van der Waals surface area contributed by atoms with E-state index in [2.05, 4.69) is 151 Å². The molecule has 0 unspecified atom stereocenters. The fourth-order valence-corrected chi connectivity index (χ4v) is 7.18. The van der Waals surface area contributed by atoms with Gasteiger partial charge < -0.3 is 5.11 Å². The van der Waals surface area contributed by atoms with Crippen molar-refractivity contribution in [2.75, 3.05) is 0 Å². The number of aromatic hydroxyl groups is 1. The number of phenolic OH excluding ortho intramolecular Hbond substituents is 1. The van der Waals surface area contributed by atoms with Gasteiger partial charge in [-0.3, -0.25) is 9.55 Å². The molecule has 5 aromatic carbocycles. The average molecular weight is 878 g/mol. The third kappa shape index (κ3) is 7.40. The Labute approximate surface area is 329 Å². The Morgan fingerprint density at radius 2 is 1.17 bits per heavy atom. The average Bonchev–Trinajstić information content (AvgIpc) is 3.53. The topological polar surface area (TPSA) is 50.9 Å². The second kappa shape index (κ2) is 15.7. The maximum absolute atomic E-state index is 11.2. The van der Waals surface area contributed by atoms with Gasteiger partial charge in [-0.1, -0.05) is 128 Å². The number of fused-ring (bicyclic) bond motifs is 1. The number of hydrogen-bond donors (Lipinski definition) is 1. The van der Waals surface area contributed by atoms with Gasteiger partial charge >= 0.3 is 0 Å². The van der Waals surface area contributed by atoms with Crippen molar-refractivity contribution in [1.29, 1.82) is 0 Å². The van der Waals surface area contributed by atoms with Gasteiger partial charge in [-0.2, -0.15) is 0 Å². The van der Waals surface area contributed by atoms with Gasteiger partial charge in [0.25, 0.3) is 0 Å². The summed E-state index contributed by atoms with van der Waals surface area (Å²) in [5, 5.41) is 11.2. The van der Waals surface area contributed by atoms with E-state index in [4.69, 9.17) is 9.97 Å². The molecule has 0 fully saturated rings. The maximum Gasteiger partial charge on any atom is 0.149 e. The first-order valence-electron chi connectivity index (χ1n) is 18.6. The van der Waals surface area contributed by atoms with Crippen LogP contribution in [0, 0.1) is 6.07 Å². The van der Waals surface area contributed by atoms with E-state index in [0.29, 0.717) is 23.2 Å². The summed E-state index contributed by atoms with van der Waals surface area (Å²) >= 11 is 0. The second-order valence-electron chi connectivity index (χ2n) is 15.2. The summed E-state index contributed by atoms with van der Waals surface area (Å²) in [7, 11) is 0. The van der Waals surface area contributed by atoms with Crippen molar-refractivity contribution in [3.63, 3.8) is 0 Å². The van der Waals surface area contributed by atoms with E-state index in [-0.39, 0.29) is 38.7 Å². The van der Waals surface area contributed by atoms with E-state index in [1.165, 1.54) is 27.8 Å². The molecule has 0 aliphatic heterocycles. The summed E-state index contributed by atoms with van der Waals surface area (Å²) in [6, 6.07) is 43.4. The fraction of sp³-hybridized carbons (Fsp3) is 0.250. The summed E-state index contributed by atoms with van der Waals surface area (Å²) in [5.41, 5.74) is 14.7. The van der Waals surface area contributed by atoms with E-state index < -0.39 is 0 Å². The normalized spacial score (nSPS) is 11.6. The van der Waals surface area contributed by atoms with Gasteiger partial charge in [-0.15, -0.1) is 35.4 Å². The first-order valence-corrected chi connectivity index (χ1v) is 18.6. The molecule has 0 amide bonds. The molecule has 0 atom stereocenters. The quantitative estimate of drug-likeness (QED) is 0.147. The molecule has 7 rings (SSSR count). The molecule has 0 radical (unpaired) electrons. The number of pyridine rings is 1. The van der Waals surface area contributed by atoms with Crippen molar-refractivity contribution in [3.8, 4) is 56.5 Å². The van der Waals surface area contributed by atoms with E-state index in [1.807, 2.05) is 24.3 Å². The second-order valence-corrected chi connectivity index (χ2v) is 15.2. The number of rotatable bonds is 9. The van der Waals surface area contributed by atoms with Crippen molar-refractivity contribution < 1.29 is 26.2 Å². The number of aromatic nitrogens is 3. The zero-order chi connectivity index (χ0) is 36.7. The summed E-state index contributed by atoms with van der Waals surface area (Å²) in [5.74, 6) is 2.35. The predicted octanol–water partition coefficient (Wildman–Crippen LogP) is 13.1. The molecule has 1 N–H and O–H groups in total. The number of imidazole rings is 1. The Hall–Kier alpha value is -4.79. The molecule has 0 aliphatic rings. The molecule has 272 valence electrons. The van der Waals surface area contributed by atoms with Crippen LogP contribution >= 0.6 is 0 Å². The summed E-state index contributed by atoms with van der Waals surface area (Å²) in [6.07, 6.45) is 0. The third-order valence-corrected chi connectivity index (χ3v) is 10.1. The summed E-state index contributed by atoms with van der Waals surface area (Å²) in [4.78, 5) is 10.6. The minimum Gasteiger partial charge on any atom is -0.507 e. The van der Waals surface area contributed by atoms with Crippen LogP contribution in [-0.2, 0) is 21.1 Å². The van der Waals surface area contributed by atoms with E-state index in [9.17, 15) is 5.11 Å². The molecule has 0 spiro atoms. The SMILES string of the molecule is CC(C)c1cc(-c2cc[c-]c(-c3cccc(-c4cccc5c4nc(-c4ccccc4O)n5-c4c(C(C)C)cccc4C(C)C)n3)c2)cc(C(C)C)c1.[Pt]. The molecule has 7 aromatic rings. The molecule has 5 heteroatoms. The van der Waals surface area contributed by atoms with Crippen molar-refractivity contribution in [3.05, 3.63) is 144 Å². The van der Waals surface area contributed by atoms with Crippen molar-refractivity contribution in [2.24, 2.45) is 0 Å². The molecular formula is C48H48N3OPt-. The largest absolute Gasteiger partial charge is 0.507 e. The molecule has 0 saturated carbocycles. The minimum absolute atomic E-state index is 0. The Bertz CT molecular complexity index is 2350. The van der Waals surface area contributed by atoms with Gasteiger partial charge in [0.2, 0.25) is 0 Å². The van der Waals surface area contributed by atoms with E-state index in [1.54, 1.807) is 6.07 Å². The van der Waals surface area contributed by atoms with Gasteiger partial charge in [0.05, 0.1) is 28.0 Å². The summed E-state index contributed by atoms with van der Waals surface area (Å²) in [6.45, 7) is 18.0. The number of para-hydroxylation sites is 3. The van der Waals surface area contributed by atoms with E-state index in [0.717, 1.165) is 44.8 Å². The maximum atomic E-state index is 11.2. The van der Waals surface area contributed by atoms with Crippen LogP contribution in [0.3, 0.4) is 0 Å². The molecule has 2 aromatic heterocycles. The van der Waals surface area contributed by atoms with Gasteiger partial charge in [-0.25, -0.2) is 4.98 Å². The predicted molar refractivity (Wildman–Crippen MR) is 217 cm³/mol. The van der Waals surface area contributed by atoms with Gasteiger partial charge in [0.1, 0.15) is 11.6 Å². The first-order chi connectivity index (χ1) is 25.0. The van der Waals surface area contributed by atoms with Crippen molar-refractivity contribution >= 4 is 11.0 Å². The minimum atomic E-state index is 0. The van der Waals surface area contributed by atoms with Crippen LogP contribution in [0.5, 0.6) is 5.75 Å². The Kier molecular flexibility index (Phi) is 11.2. The van der Waals surface area contributed by atoms with Crippen LogP contribution in [-0.4, -0.2) is 19.6 Å². The number of hydrogen-bond acceptors (Lipinski definition) is 3. The van der Waals surface area contributed by atoms with Gasteiger partial charge in [-0.05, 0) is 81.4 Å². The van der Waals surface area contributed by atoms with Crippen molar-refractivity contribution in [2.45, 2.75) is 79.1 Å². The standard InChI is InChI=1S/C48H48N3O.Pt/c1-29(2)35-26-36(30(3)4)28-37(27-35)33-15-11-16-34(25-33)42-21-14-22-43(49-42)40-20-13-23-44-46(40)50-48(41-17-9-10-24-45(41)52)51(44)47-38(31(5)6)18-12-19-39(47)32(7)8;/h9-15,17-32,52H,1-8H3;/q-1;. The molecular weight excluding hydrogens is 830 g/mol. The van der Waals surface area contributed by atoms with Crippen molar-refractivity contribution in [1.82, 2.24) is 14.5 Å². The van der Waals surface area contributed by atoms with Crippen LogP contribution in [0.25, 0.3) is 61.8 Å². The third-order valence-electron chi connectivity index (χ3n) is 10.1. The van der Waals surface area contributed by atoms with Gasteiger partial charge in [0, 0.05) is 26.6 Å². The Morgan fingerprint density at radius 1 is 0.566 bits per heavy atom.